The molecule has 0 aliphatic rings. The number of amides is 1. The lowest BCUT2D eigenvalue weighted by Crippen LogP contribution is -2.17. The zero-order valence-electron chi connectivity index (χ0n) is 17.5. The Balaban J connectivity index is 1.86. The largest absolute Gasteiger partial charge is 0.488 e. The molecule has 2 aromatic carbocycles. The number of ether oxygens (including phenoxy) is 2. The average Bonchev–Trinajstić information content (AvgIpc) is 3.20. The molecule has 3 rings (SSSR count). The first-order chi connectivity index (χ1) is 14.2. The van der Waals surface area contributed by atoms with Crippen LogP contribution in [0.15, 0.2) is 59.6 Å². The van der Waals surface area contributed by atoms with E-state index in [1.807, 2.05) is 12.1 Å². The van der Waals surface area contributed by atoms with E-state index < -0.39 is 16.1 Å². The highest BCUT2D eigenvalue weighted by atomic mass is 32.3. The lowest BCUT2D eigenvalue weighted by Gasteiger charge is -2.25. The first kappa shape index (κ1) is 21.7. The van der Waals surface area contributed by atoms with Gasteiger partial charge in [0.1, 0.15) is 23.4 Å². The van der Waals surface area contributed by atoms with Gasteiger partial charge in [0.15, 0.2) is 5.82 Å². The normalized spacial score (nSPS) is 12.8. The number of hydrogen-bond donors (Lipinski definition) is 3. The molecule has 3 N–H and O–H groups in total. The van der Waals surface area contributed by atoms with Gasteiger partial charge in [-0.05, 0) is 67.0 Å². The fourth-order valence-electron chi connectivity index (χ4n) is 2.67. The summed E-state index contributed by atoms with van der Waals surface area (Å²) in [6.45, 7) is 1.60. The van der Waals surface area contributed by atoms with Crippen LogP contribution in [-0.4, -0.2) is 52.7 Å². The second-order valence-electron chi connectivity index (χ2n) is 7.63. The molecule has 0 spiro atoms. The summed E-state index contributed by atoms with van der Waals surface area (Å²) < 4.78 is 11.7. The smallest absolute Gasteiger partial charge is 0.257 e. The maximum atomic E-state index is 12.7. The van der Waals surface area contributed by atoms with Crippen LogP contribution in [0.4, 0.5) is 5.82 Å². The molecule has 0 bridgehead atoms. The summed E-state index contributed by atoms with van der Waals surface area (Å²) in [4.78, 5) is 13.9. The molecule has 160 valence electrons. The molecule has 0 fully saturated rings. The predicted molar refractivity (Wildman–Crippen MR) is 120 cm³/mol. The van der Waals surface area contributed by atoms with Gasteiger partial charge in [-0.3, -0.25) is 9.89 Å². The van der Waals surface area contributed by atoms with Gasteiger partial charge >= 0.3 is 0 Å². The van der Waals surface area contributed by atoms with Gasteiger partial charge in [-0.2, -0.15) is 5.10 Å². The number of nitrogens with zero attached hydrogens (tertiary/aromatic N) is 1. The molecule has 1 aromatic heterocycles. The molecular weight excluding hydrogens is 402 g/mol. The minimum Gasteiger partial charge on any atom is -0.488 e. The van der Waals surface area contributed by atoms with E-state index in [0.717, 1.165) is 0 Å². The number of benzene rings is 2. The summed E-state index contributed by atoms with van der Waals surface area (Å²) in [6.07, 6.45) is 7.90. The molecule has 30 heavy (non-hydrogen) atoms. The van der Waals surface area contributed by atoms with Crippen molar-refractivity contribution in [3.05, 3.63) is 60.3 Å². The van der Waals surface area contributed by atoms with Gasteiger partial charge in [0.25, 0.3) is 5.91 Å². The maximum Gasteiger partial charge on any atom is 0.257 e. The number of carbonyl (C=O) groups excluding carboxylic acids is 1. The van der Waals surface area contributed by atoms with Gasteiger partial charge in [0, 0.05) is 23.9 Å². The van der Waals surface area contributed by atoms with Gasteiger partial charge in [0.2, 0.25) is 0 Å². The van der Waals surface area contributed by atoms with Gasteiger partial charge in [0.05, 0.1) is 6.61 Å². The number of aliphatic hydroxyl groups excluding tert-OH is 1. The average molecular weight is 430 g/mol. The quantitative estimate of drug-likeness (QED) is 0.497. The van der Waals surface area contributed by atoms with Crippen molar-refractivity contribution in [3.63, 3.8) is 0 Å². The topological polar surface area (TPSA) is 96.5 Å². The molecule has 7 nitrogen and oxygen atoms in total. The molecule has 3 aromatic rings. The number of aliphatic hydroxyl groups is 1. The molecule has 1 amide bonds. The number of aromatic amines is 1. The SMILES string of the molecule is C[C@@H](CO)Oc1cc(Oc2ccc(S(C)(C)C)cc2)cc(C(=O)Nc2cc[nH]n2)c1. The van der Waals surface area contributed by atoms with E-state index in [2.05, 4.69) is 46.4 Å². The maximum absolute atomic E-state index is 12.7. The number of anilines is 1. The van der Waals surface area contributed by atoms with Crippen LogP contribution in [-0.2, 0) is 0 Å². The first-order valence-electron chi connectivity index (χ1n) is 9.44. The van der Waals surface area contributed by atoms with Crippen molar-refractivity contribution in [3.8, 4) is 17.2 Å². The van der Waals surface area contributed by atoms with Crippen LogP contribution in [0.2, 0.25) is 0 Å². The monoisotopic (exact) mass is 429 g/mol. The third-order valence-electron chi connectivity index (χ3n) is 4.25. The lowest BCUT2D eigenvalue weighted by molar-refractivity contribution is 0.102. The Hall–Kier alpha value is -2.97. The Labute approximate surface area is 177 Å². The zero-order chi connectivity index (χ0) is 21.7. The molecule has 0 radical (unpaired) electrons. The van der Waals surface area contributed by atoms with Crippen LogP contribution in [0.3, 0.4) is 0 Å². The number of carbonyl (C=O) groups is 1. The van der Waals surface area contributed by atoms with Crippen molar-refractivity contribution in [1.29, 1.82) is 0 Å². The minimum absolute atomic E-state index is 0.142. The molecule has 1 heterocycles. The Bertz CT molecular complexity index is 983. The Morgan fingerprint density at radius 3 is 2.40 bits per heavy atom. The summed E-state index contributed by atoms with van der Waals surface area (Å²) >= 11 is 0. The number of aromatic nitrogens is 2. The van der Waals surface area contributed by atoms with Crippen LogP contribution in [0.5, 0.6) is 17.2 Å². The lowest BCUT2D eigenvalue weighted by atomic mass is 10.2. The van der Waals surface area contributed by atoms with Crippen molar-refractivity contribution in [2.75, 3.05) is 30.7 Å². The van der Waals surface area contributed by atoms with Crippen LogP contribution < -0.4 is 14.8 Å². The van der Waals surface area contributed by atoms with E-state index in [4.69, 9.17) is 9.47 Å². The van der Waals surface area contributed by atoms with Gasteiger partial charge in [-0.25, -0.2) is 10.0 Å². The van der Waals surface area contributed by atoms with Crippen LogP contribution in [0, 0.1) is 0 Å². The highest BCUT2D eigenvalue weighted by Crippen LogP contribution is 2.45. The Morgan fingerprint density at radius 1 is 1.10 bits per heavy atom. The number of rotatable bonds is 8. The summed E-state index contributed by atoms with van der Waals surface area (Å²) in [7, 11) is -0.819. The fourth-order valence-corrected chi connectivity index (χ4v) is 3.62. The second-order valence-corrected chi connectivity index (χ2v) is 11.8. The number of hydrogen-bond acceptors (Lipinski definition) is 5. The Kier molecular flexibility index (Phi) is 6.69. The molecule has 1 atom stereocenters. The van der Waals surface area contributed by atoms with E-state index in [0.29, 0.717) is 28.6 Å². The van der Waals surface area contributed by atoms with Crippen molar-refractivity contribution in [1.82, 2.24) is 10.2 Å². The van der Waals surface area contributed by atoms with E-state index >= 15 is 0 Å². The van der Waals surface area contributed by atoms with Gasteiger partial charge in [-0.1, -0.05) is 0 Å². The third-order valence-corrected chi connectivity index (χ3v) is 5.93. The van der Waals surface area contributed by atoms with E-state index in [1.165, 1.54) is 4.90 Å². The van der Waals surface area contributed by atoms with Crippen LogP contribution in [0.25, 0.3) is 0 Å². The zero-order valence-corrected chi connectivity index (χ0v) is 18.3. The predicted octanol–water partition coefficient (Wildman–Crippen LogP) is 4.27. The molecular formula is C22H27N3O4S. The Morgan fingerprint density at radius 2 is 1.80 bits per heavy atom. The molecule has 0 saturated carbocycles. The first-order valence-corrected chi connectivity index (χ1v) is 12.3. The number of H-pyrrole nitrogens is 1. The summed E-state index contributed by atoms with van der Waals surface area (Å²) in [6, 6.07) is 14.5. The summed E-state index contributed by atoms with van der Waals surface area (Å²) in [5, 5.41) is 18.6. The van der Waals surface area contributed by atoms with Crippen molar-refractivity contribution < 1.29 is 19.4 Å². The molecule has 0 aliphatic carbocycles. The third kappa shape index (κ3) is 5.77. The molecule has 8 heteroatoms. The van der Waals surface area contributed by atoms with Crippen LogP contribution in [0.1, 0.15) is 17.3 Å². The molecule has 0 unspecified atom stereocenters. The standard InChI is InChI=1S/C22H27N3O4S/c1-15(14-26)28-18-11-16(22(27)24-21-9-10-23-25-21)12-19(13-18)29-17-5-7-20(8-6-17)30(2,3)4/h5-13,15,26H,14H2,1-4H3,(H2,23,24,25,27)/t15-/m0/s1. The van der Waals surface area contributed by atoms with Crippen molar-refractivity contribution >= 4 is 21.8 Å². The highest BCUT2D eigenvalue weighted by Gasteiger charge is 2.14. The van der Waals surface area contributed by atoms with Gasteiger partial charge in [-0.15, -0.1) is 0 Å². The van der Waals surface area contributed by atoms with E-state index in [1.54, 1.807) is 37.4 Å². The van der Waals surface area contributed by atoms with Crippen molar-refractivity contribution in [2.24, 2.45) is 0 Å². The number of nitrogens with one attached hydrogen (secondary N) is 2. The highest BCUT2D eigenvalue weighted by molar-refractivity contribution is 8.32. The second kappa shape index (κ2) is 9.23. The molecule has 0 aliphatic heterocycles. The fraction of sp³-hybridized carbons (Fsp3) is 0.273. The summed E-state index contributed by atoms with van der Waals surface area (Å²) in [5.74, 6) is 1.62. The van der Waals surface area contributed by atoms with Crippen LogP contribution >= 0.6 is 10.0 Å². The van der Waals surface area contributed by atoms with E-state index in [9.17, 15) is 9.90 Å². The summed E-state index contributed by atoms with van der Waals surface area (Å²) in [5.41, 5.74) is 0.353. The van der Waals surface area contributed by atoms with Crippen molar-refractivity contribution in [2.45, 2.75) is 17.9 Å². The van der Waals surface area contributed by atoms with E-state index in [-0.39, 0.29) is 12.5 Å². The minimum atomic E-state index is -0.819. The molecule has 0 saturated heterocycles. The van der Waals surface area contributed by atoms with Gasteiger partial charge < -0.3 is 19.9 Å².